The van der Waals surface area contributed by atoms with Gasteiger partial charge in [-0.05, 0) is 19.4 Å². The third-order valence-electron chi connectivity index (χ3n) is 4.71. The van der Waals surface area contributed by atoms with Gasteiger partial charge in [-0.2, -0.15) is 0 Å². The van der Waals surface area contributed by atoms with E-state index in [0.29, 0.717) is 45.9 Å². The Bertz CT molecular complexity index is 573. The monoisotopic (exact) mass is 383 g/mol. The standard InChI is InChI=1S/C19H29N3O3.ClH/c1-19(2,16-7-5-4-6-8-16)18(24)22-12-10-21(11-13-22)17(23)15-20-9-14-25-3;/h4-8,20H,9-15H2,1-3H3;1H. The number of hydrogen-bond donors (Lipinski definition) is 1. The molecule has 0 spiro atoms. The zero-order valence-corrected chi connectivity index (χ0v) is 16.7. The van der Waals surface area contributed by atoms with E-state index in [0.717, 1.165) is 5.56 Å². The lowest BCUT2D eigenvalue weighted by Crippen LogP contribution is -2.55. The predicted molar refractivity (Wildman–Crippen MR) is 105 cm³/mol. The summed E-state index contributed by atoms with van der Waals surface area (Å²) in [4.78, 5) is 28.8. The van der Waals surface area contributed by atoms with Crippen LogP contribution in [0.2, 0.25) is 0 Å². The van der Waals surface area contributed by atoms with E-state index in [2.05, 4.69) is 5.32 Å². The molecule has 0 radical (unpaired) electrons. The van der Waals surface area contributed by atoms with Crippen molar-refractivity contribution in [3.05, 3.63) is 35.9 Å². The SMILES string of the molecule is COCCNCC(=O)N1CCN(C(=O)C(C)(C)c2ccccc2)CC1.Cl. The van der Waals surface area contributed by atoms with Crippen molar-refractivity contribution in [3.8, 4) is 0 Å². The number of carbonyl (C=O) groups excluding carboxylic acids is 2. The number of hydrogen-bond acceptors (Lipinski definition) is 4. The van der Waals surface area contributed by atoms with Gasteiger partial charge in [0, 0.05) is 39.8 Å². The molecular formula is C19H30ClN3O3. The van der Waals surface area contributed by atoms with Crippen molar-refractivity contribution in [2.24, 2.45) is 0 Å². The van der Waals surface area contributed by atoms with Gasteiger partial charge in [-0.15, -0.1) is 12.4 Å². The van der Waals surface area contributed by atoms with Crippen LogP contribution in [-0.2, 0) is 19.7 Å². The van der Waals surface area contributed by atoms with Gasteiger partial charge in [0.25, 0.3) is 0 Å². The molecule has 1 saturated heterocycles. The number of amides is 2. The molecule has 7 heteroatoms. The Labute approximate surface area is 162 Å². The summed E-state index contributed by atoms with van der Waals surface area (Å²) >= 11 is 0. The first-order chi connectivity index (χ1) is 12.0. The van der Waals surface area contributed by atoms with Crippen LogP contribution in [0.15, 0.2) is 30.3 Å². The molecule has 1 aromatic carbocycles. The Balaban J connectivity index is 0.00000338. The van der Waals surface area contributed by atoms with Crippen LogP contribution >= 0.6 is 12.4 Å². The Kier molecular flexibility index (Phi) is 9.05. The van der Waals surface area contributed by atoms with Crippen LogP contribution in [0.1, 0.15) is 19.4 Å². The highest BCUT2D eigenvalue weighted by Gasteiger charge is 2.35. The minimum atomic E-state index is -0.560. The first-order valence-corrected chi connectivity index (χ1v) is 8.79. The zero-order chi connectivity index (χ0) is 18.3. The molecule has 1 N–H and O–H groups in total. The van der Waals surface area contributed by atoms with E-state index in [1.165, 1.54) is 0 Å². The van der Waals surface area contributed by atoms with Gasteiger partial charge in [0.05, 0.1) is 18.6 Å². The fraction of sp³-hybridized carbons (Fsp3) is 0.579. The van der Waals surface area contributed by atoms with Crippen molar-refractivity contribution < 1.29 is 14.3 Å². The summed E-state index contributed by atoms with van der Waals surface area (Å²) in [6.07, 6.45) is 0. The van der Waals surface area contributed by atoms with E-state index < -0.39 is 5.41 Å². The largest absolute Gasteiger partial charge is 0.383 e. The number of rotatable bonds is 7. The van der Waals surface area contributed by atoms with Crippen molar-refractivity contribution in [3.63, 3.8) is 0 Å². The fourth-order valence-electron chi connectivity index (χ4n) is 3.01. The third-order valence-corrected chi connectivity index (χ3v) is 4.71. The van der Waals surface area contributed by atoms with Crippen molar-refractivity contribution in [1.82, 2.24) is 15.1 Å². The van der Waals surface area contributed by atoms with Crippen molar-refractivity contribution >= 4 is 24.2 Å². The second-order valence-corrected chi connectivity index (χ2v) is 6.83. The summed E-state index contributed by atoms with van der Waals surface area (Å²) in [6, 6.07) is 9.84. The molecule has 0 unspecified atom stereocenters. The molecule has 1 fully saturated rings. The van der Waals surface area contributed by atoms with Gasteiger partial charge < -0.3 is 19.9 Å². The summed E-state index contributed by atoms with van der Waals surface area (Å²) in [5.74, 6) is 0.189. The van der Waals surface area contributed by atoms with Gasteiger partial charge in [-0.3, -0.25) is 9.59 Å². The molecular weight excluding hydrogens is 354 g/mol. The summed E-state index contributed by atoms with van der Waals surface area (Å²) in [7, 11) is 1.64. The van der Waals surface area contributed by atoms with Gasteiger partial charge >= 0.3 is 0 Å². The number of ether oxygens (including phenoxy) is 1. The van der Waals surface area contributed by atoms with Gasteiger partial charge in [0.1, 0.15) is 0 Å². The minimum Gasteiger partial charge on any atom is -0.383 e. The molecule has 146 valence electrons. The third kappa shape index (κ3) is 5.69. The first-order valence-electron chi connectivity index (χ1n) is 8.79. The molecule has 1 aromatic rings. The number of methoxy groups -OCH3 is 1. The number of nitrogens with one attached hydrogen (secondary N) is 1. The maximum atomic E-state index is 12.9. The van der Waals surface area contributed by atoms with Crippen molar-refractivity contribution in [2.75, 3.05) is 53.0 Å². The highest BCUT2D eigenvalue weighted by molar-refractivity contribution is 5.87. The number of carbonyl (C=O) groups is 2. The first kappa shape index (κ1) is 22.4. The summed E-state index contributed by atoms with van der Waals surface area (Å²) in [5.41, 5.74) is 0.454. The zero-order valence-electron chi connectivity index (χ0n) is 15.9. The summed E-state index contributed by atoms with van der Waals surface area (Å²) < 4.78 is 4.95. The Morgan fingerprint density at radius 2 is 1.65 bits per heavy atom. The van der Waals surface area contributed by atoms with Crippen LogP contribution in [0, 0.1) is 0 Å². The highest BCUT2D eigenvalue weighted by atomic mass is 35.5. The molecule has 1 heterocycles. The lowest BCUT2D eigenvalue weighted by atomic mass is 9.83. The molecule has 0 bridgehead atoms. The molecule has 0 aromatic heterocycles. The van der Waals surface area contributed by atoms with Crippen LogP contribution in [0.5, 0.6) is 0 Å². The fourth-order valence-corrected chi connectivity index (χ4v) is 3.01. The second kappa shape index (κ2) is 10.5. The Morgan fingerprint density at radius 3 is 2.23 bits per heavy atom. The normalized spacial score (nSPS) is 14.7. The number of piperazine rings is 1. The maximum Gasteiger partial charge on any atom is 0.236 e. The van der Waals surface area contributed by atoms with Crippen LogP contribution in [0.4, 0.5) is 0 Å². The molecule has 0 atom stereocenters. The van der Waals surface area contributed by atoms with Crippen molar-refractivity contribution in [2.45, 2.75) is 19.3 Å². The van der Waals surface area contributed by atoms with Gasteiger partial charge in [-0.1, -0.05) is 30.3 Å². The molecule has 0 aliphatic carbocycles. The Hall–Kier alpha value is -1.63. The van der Waals surface area contributed by atoms with E-state index in [4.69, 9.17) is 4.74 Å². The lowest BCUT2D eigenvalue weighted by Gasteiger charge is -2.38. The van der Waals surface area contributed by atoms with E-state index in [9.17, 15) is 9.59 Å². The molecule has 6 nitrogen and oxygen atoms in total. The van der Waals surface area contributed by atoms with E-state index in [1.54, 1.807) is 7.11 Å². The average molecular weight is 384 g/mol. The minimum absolute atomic E-state index is 0. The molecule has 1 aliphatic heterocycles. The second-order valence-electron chi connectivity index (χ2n) is 6.83. The summed E-state index contributed by atoms with van der Waals surface area (Å²) in [5, 5.41) is 3.07. The van der Waals surface area contributed by atoms with Crippen LogP contribution in [-0.4, -0.2) is 74.6 Å². The average Bonchev–Trinajstić information content (AvgIpc) is 2.65. The van der Waals surface area contributed by atoms with Crippen LogP contribution in [0.25, 0.3) is 0 Å². The number of halogens is 1. The lowest BCUT2D eigenvalue weighted by molar-refractivity contribution is -0.142. The molecule has 26 heavy (non-hydrogen) atoms. The topological polar surface area (TPSA) is 61.9 Å². The van der Waals surface area contributed by atoms with Crippen molar-refractivity contribution in [1.29, 1.82) is 0 Å². The molecule has 0 saturated carbocycles. The van der Waals surface area contributed by atoms with E-state index in [-0.39, 0.29) is 24.2 Å². The van der Waals surface area contributed by atoms with Gasteiger partial charge in [0.15, 0.2) is 0 Å². The highest BCUT2D eigenvalue weighted by Crippen LogP contribution is 2.26. The Morgan fingerprint density at radius 1 is 1.08 bits per heavy atom. The molecule has 2 rings (SSSR count). The van der Waals surface area contributed by atoms with E-state index >= 15 is 0 Å². The molecule has 2 amide bonds. The number of benzene rings is 1. The predicted octanol–water partition coefficient (Wildman–Crippen LogP) is 1.29. The summed E-state index contributed by atoms with van der Waals surface area (Å²) in [6.45, 7) is 7.81. The molecule has 1 aliphatic rings. The maximum absolute atomic E-state index is 12.9. The van der Waals surface area contributed by atoms with Gasteiger partial charge in [0.2, 0.25) is 11.8 Å². The van der Waals surface area contributed by atoms with Crippen LogP contribution < -0.4 is 5.32 Å². The quantitative estimate of drug-likeness (QED) is 0.721. The van der Waals surface area contributed by atoms with Crippen LogP contribution in [0.3, 0.4) is 0 Å². The van der Waals surface area contributed by atoms with E-state index in [1.807, 2.05) is 54.0 Å². The number of nitrogens with zero attached hydrogens (tertiary/aromatic N) is 2. The smallest absolute Gasteiger partial charge is 0.236 e. The van der Waals surface area contributed by atoms with Gasteiger partial charge in [-0.25, -0.2) is 0 Å².